The number of carbonyl (C=O) groups is 2. The van der Waals surface area contributed by atoms with Gasteiger partial charge in [-0.3, -0.25) is 9.59 Å². The molecule has 2 aliphatic heterocycles. The molecule has 0 spiro atoms. The topological polar surface area (TPSA) is 69.6 Å². The van der Waals surface area contributed by atoms with E-state index in [4.69, 9.17) is 5.11 Å². The van der Waals surface area contributed by atoms with Gasteiger partial charge in [-0.05, 0) is 44.2 Å². The van der Waals surface area contributed by atoms with Crippen LogP contribution in [0.2, 0.25) is 0 Å². The van der Waals surface area contributed by atoms with Crippen LogP contribution in [-0.4, -0.2) is 48.1 Å². The molecular weight excluding hydrogens is 232 g/mol. The molecule has 1 unspecified atom stereocenters. The molecule has 0 aliphatic carbocycles. The van der Waals surface area contributed by atoms with Gasteiger partial charge in [0.05, 0.1) is 0 Å². The van der Waals surface area contributed by atoms with E-state index in [9.17, 15) is 9.59 Å². The molecule has 2 fully saturated rings. The molecule has 2 saturated heterocycles. The number of carboxylic acids is 1. The molecule has 0 aromatic carbocycles. The van der Waals surface area contributed by atoms with Gasteiger partial charge < -0.3 is 15.3 Å². The van der Waals surface area contributed by atoms with Crippen LogP contribution in [0, 0.1) is 11.8 Å². The van der Waals surface area contributed by atoms with Crippen molar-refractivity contribution in [1.29, 1.82) is 0 Å². The molecule has 5 nitrogen and oxygen atoms in total. The Balaban J connectivity index is 1.74. The Kier molecular flexibility index (Phi) is 4.58. The predicted octanol–water partition coefficient (Wildman–Crippen LogP) is 0.699. The van der Waals surface area contributed by atoms with Crippen LogP contribution in [0.5, 0.6) is 0 Å². The minimum absolute atomic E-state index is 0.152. The predicted molar refractivity (Wildman–Crippen MR) is 67.2 cm³/mol. The second kappa shape index (κ2) is 6.18. The third-order valence-electron chi connectivity index (χ3n) is 4.02. The number of aliphatic carboxylic acids is 1. The van der Waals surface area contributed by atoms with Crippen molar-refractivity contribution >= 4 is 11.9 Å². The number of amides is 1. The smallest absolute Gasteiger partial charge is 0.303 e. The Bertz CT molecular complexity index is 313. The molecule has 18 heavy (non-hydrogen) atoms. The minimum atomic E-state index is -0.757. The number of carboxylic acid groups (broad SMARTS) is 1. The second-order valence-corrected chi connectivity index (χ2v) is 5.49. The molecule has 1 atom stereocenters. The lowest BCUT2D eigenvalue weighted by atomic mass is 9.94. The van der Waals surface area contributed by atoms with E-state index in [2.05, 4.69) is 5.32 Å². The molecule has 1 amide bonds. The molecule has 0 bridgehead atoms. The number of hydrogen-bond acceptors (Lipinski definition) is 3. The van der Waals surface area contributed by atoms with Crippen molar-refractivity contribution in [2.24, 2.45) is 11.8 Å². The van der Waals surface area contributed by atoms with Crippen molar-refractivity contribution in [1.82, 2.24) is 10.2 Å². The lowest BCUT2D eigenvalue weighted by Gasteiger charge is -2.24. The Morgan fingerprint density at radius 3 is 2.50 bits per heavy atom. The maximum absolute atomic E-state index is 12.1. The second-order valence-electron chi connectivity index (χ2n) is 5.49. The van der Waals surface area contributed by atoms with Crippen LogP contribution in [-0.2, 0) is 9.59 Å². The maximum atomic E-state index is 12.1. The monoisotopic (exact) mass is 254 g/mol. The number of rotatable bonds is 4. The lowest BCUT2D eigenvalue weighted by Crippen LogP contribution is -2.34. The van der Waals surface area contributed by atoms with Crippen LogP contribution >= 0.6 is 0 Å². The van der Waals surface area contributed by atoms with Gasteiger partial charge in [0.1, 0.15) is 0 Å². The zero-order valence-corrected chi connectivity index (χ0v) is 10.7. The summed E-state index contributed by atoms with van der Waals surface area (Å²) in [4.78, 5) is 24.6. The molecular formula is C13H22N2O3. The number of nitrogens with zero attached hydrogens (tertiary/aromatic N) is 1. The average Bonchev–Trinajstić information content (AvgIpc) is 2.78. The van der Waals surface area contributed by atoms with Gasteiger partial charge in [0.15, 0.2) is 0 Å². The molecule has 102 valence electrons. The number of nitrogens with one attached hydrogen (secondary N) is 1. The highest BCUT2D eigenvalue weighted by atomic mass is 16.4. The first-order chi connectivity index (χ1) is 8.65. The van der Waals surface area contributed by atoms with Crippen molar-refractivity contribution in [3.63, 3.8) is 0 Å². The van der Waals surface area contributed by atoms with Crippen molar-refractivity contribution in [2.75, 3.05) is 26.2 Å². The summed E-state index contributed by atoms with van der Waals surface area (Å²) in [5.74, 6) is 0.124. The van der Waals surface area contributed by atoms with E-state index in [0.29, 0.717) is 18.9 Å². The number of piperidine rings is 1. The van der Waals surface area contributed by atoms with Gasteiger partial charge in [-0.2, -0.15) is 0 Å². The van der Waals surface area contributed by atoms with Crippen LogP contribution in [0.25, 0.3) is 0 Å². The SMILES string of the molecule is O=C(O)CC1CCN(C(=O)CC2CCNCC2)C1. The molecule has 0 aromatic heterocycles. The third kappa shape index (κ3) is 3.70. The first-order valence-corrected chi connectivity index (χ1v) is 6.85. The molecule has 2 rings (SSSR count). The fraction of sp³-hybridized carbons (Fsp3) is 0.846. The number of hydrogen-bond donors (Lipinski definition) is 2. The molecule has 0 radical (unpaired) electrons. The van der Waals surface area contributed by atoms with Crippen LogP contribution < -0.4 is 5.32 Å². The van der Waals surface area contributed by atoms with Gasteiger partial charge in [-0.1, -0.05) is 0 Å². The van der Waals surface area contributed by atoms with Crippen molar-refractivity contribution < 1.29 is 14.7 Å². The van der Waals surface area contributed by atoms with Gasteiger partial charge >= 0.3 is 5.97 Å². The van der Waals surface area contributed by atoms with Gasteiger partial charge in [-0.25, -0.2) is 0 Å². The van der Waals surface area contributed by atoms with E-state index >= 15 is 0 Å². The Labute approximate surface area is 108 Å². The van der Waals surface area contributed by atoms with E-state index in [0.717, 1.165) is 38.9 Å². The summed E-state index contributed by atoms with van der Waals surface area (Å²) in [5.41, 5.74) is 0. The standard InChI is InChI=1S/C13H22N2O3/c16-12(7-10-1-4-14-5-2-10)15-6-3-11(9-15)8-13(17)18/h10-11,14H,1-9H2,(H,17,18). The molecule has 2 heterocycles. The van der Waals surface area contributed by atoms with E-state index in [1.54, 1.807) is 0 Å². The fourth-order valence-corrected chi connectivity index (χ4v) is 2.93. The molecule has 2 aliphatic rings. The third-order valence-corrected chi connectivity index (χ3v) is 4.02. The first kappa shape index (κ1) is 13.3. The highest BCUT2D eigenvalue weighted by Gasteiger charge is 2.29. The Hall–Kier alpha value is -1.10. The molecule has 0 saturated carbocycles. The highest BCUT2D eigenvalue weighted by Crippen LogP contribution is 2.23. The normalized spacial score (nSPS) is 25.3. The Morgan fingerprint density at radius 1 is 1.11 bits per heavy atom. The van der Waals surface area contributed by atoms with E-state index in [-0.39, 0.29) is 18.2 Å². The zero-order valence-electron chi connectivity index (χ0n) is 10.7. The molecule has 0 aromatic rings. The summed E-state index contributed by atoms with van der Waals surface area (Å²) in [6.07, 6.45) is 3.83. The average molecular weight is 254 g/mol. The summed E-state index contributed by atoms with van der Waals surface area (Å²) in [7, 11) is 0. The summed E-state index contributed by atoms with van der Waals surface area (Å²) >= 11 is 0. The van der Waals surface area contributed by atoms with Crippen LogP contribution in [0.15, 0.2) is 0 Å². The van der Waals surface area contributed by atoms with Crippen molar-refractivity contribution in [3.05, 3.63) is 0 Å². The van der Waals surface area contributed by atoms with Crippen molar-refractivity contribution in [3.8, 4) is 0 Å². The quantitative estimate of drug-likeness (QED) is 0.775. The summed E-state index contributed by atoms with van der Waals surface area (Å²) < 4.78 is 0. The van der Waals surface area contributed by atoms with E-state index in [1.807, 2.05) is 4.90 Å². The summed E-state index contributed by atoms with van der Waals surface area (Å²) in [6.45, 7) is 3.40. The number of likely N-dealkylation sites (tertiary alicyclic amines) is 1. The highest BCUT2D eigenvalue weighted by molar-refractivity contribution is 5.77. The fourth-order valence-electron chi connectivity index (χ4n) is 2.93. The van der Waals surface area contributed by atoms with E-state index in [1.165, 1.54) is 0 Å². The molecule has 5 heteroatoms. The largest absolute Gasteiger partial charge is 0.481 e. The first-order valence-electron chi connectivity index (χ1n) is 6.85. The van der Waals surface area contributed by atoms with Crippen LogP contribution in [0.1, 0.15) is 32.1 Å². The summed E-state index contributed by atoms with van der Waals surface area (Å²) in [6, 6.07) is 0. The van der Waals surface area contributed by atoms with Gasteiger partial charge in [0.2, 0.25) is 5.91 Å². The lowest BCUT2D eigenvalue weighted by molar-refractivity contribution is -0.138. The van der Waals surface area contributed by atoms with Gasteiger partial charge in [-0.15, -0.1) is 0 Å². The maximum Gasteiger partial charge on any atom is 0.303 e. The number of carbonyl (C=O) groups excluding carboxylic acids is 1. The minimum Gasteiger partial charge on any atom is -0.481 e. The van der Waals surface area contributed by atoms with E-state index < -0.39 is 5.97 Å². The van der Waals surface area contributed by atoms with Crippen LogP contribution in [0.4, 0.5) is 0 Å². The van der Waals surface area contributed by atoms with Gasteiger partial charge in [0.25, 0.3) is 0 Å². The molecule has 2 N–H and O–H groups in total. The van der Waals surface area contributed by atoms with Gasteiger partial charge in [0, 0.05) is 25.9 Å². The summed E-state index contributed by atoms with van der Waals surface area (Å²) in [5, 5.41) is 12.0. The Morgan fingerprint density at radius 2 is 1.83 bits per heavy atom. The van der Waals surface area contributed by atoms with Crippen molar-refractivity contribution in [2.45, 2.75) is 32.1 Å². The van der Waals surface area contributed by atoms with Crippen LogP contribution in [0.3, 0.4) is 0 Å². The zero-order chi connectivity index (χ0) is 13.0.